The standard InChI is InChI=1S/3C10H10F7O2.Pr/c3*1-7(2,3)5(18)4-6(19)8(11,12)9(13,14)10(15,16)17;/h3*4H,1-3H3;/q3*-1;+3/i3*1D3,2D3,3D3;. The van der Waals surface area contributed by atoms with Gasteiger partial charge in [-0.2, -0.15) is 92.2 Å². The second-order valence-electron chi connectivity index (χ2n) is 9.81. The van der Waals surface area contributed by atoms with Crippen LogP contribution in [0.2, 0.25) is 0 Å². The summed E-state index contributed by atoms with van der Waals surface area (Å²) in [5.41, 5.74) is -13.6. The normalized spacial score (nSPS) is 22.8. The van der Waals surface area contributed by atoms with Crippen molar-refractivity contribution in [2.45, 2.75) is 116 Å². The van der Waals surface area contributed by atoms with Gasteiger partial charge in [-0.05, 0) is 16.2 Å². The van der Waals surface area contributed by atoms with E-state index >= 15 is 0 Å². The number of Topliss-reactive ketones (excluding diaryl/α,β-unsaturated/α-hetero) is 6. The van der Waals surface area contributed by atoms with Crippen LogP contribution in [0.15, 0.2) is 0 Å². The smallest absolute Gasteiger partial charge is 0.333 e. The van der Waals surface area contributed by atoms with Crippen LogP contribution >= 0.6 is 0 Å². The molecule has 0 spiro atoms. The average molecular weight is 1050 g/mol. The summed E-state index contributed by atoms with van der Waals surface area (Å²) in [4.78, 5) is 69.8. The van der Waals surface area contributed by atoms with Crippen LogP contribution in [0.1, 0.15) is 98.7 Å². The fourth-order valence-corrected chi connectivity index (χ4v) is 1.95. The minimum Gasteiger partial charge on any atom is -0.333 e. The number of carbonyl (C=O) groups excluding carboxylic acids is 6. The first-order valence-corrected chi connectivity index (χ1v) is 12.2. The van der Waals surface area contributed by atoms with Crippen molar-refractivity contribution in [3.8, 4) is 0 Å². The van der Waals surface area contributed by atoms with Crippen LogP contribution in [0.5, 0.6) is 0 Å². The van der Waals surface area contributed by atoms with Crippen LogP contribution in [0.3, 0.4) is 0 Å². The van der Waals surface area contributed by atoms with Crippen molar-refractivity contribution in [1.82, 2.24) is 0 Å². The first-order chi connectivity index (χ1) is 35.4. The minimum atomic E-state index is -7.03. The number of carbonyl (C=O) groups is 6. The Kier molecular flexibility index (Phi) is 8.80. The average Bonchev–Trinajstić information content (AvgIpc) is 3.11. The molecule has 0 aromatic heterocycles. The molecule has 0 aliphatic carbocycles. The SMILES string of the molecule is [2H]C([2H])([2H])C(C(=O)[CH-]C(=O)C(F)(F)C(F)(F)C(F)(F)F)(C([2H])([2H])[2H])C([2H])([2H])[2H].[2H]C([2H])([2H])C(C(=O)[CH-]C(=O)C(F)(F)C(F)(F)C(F)(F)F)(C([2H])([2H])[2H])C([2H])([2H])[2H].[2H]C([2H])([2H])C(C(=O)[CH-]C(=O)C(F)(F)C(F)(F)C(F)(F)F)(C([2H])([2H])[2H])C([2H])([2H])[2H].[Pr+3]. The van der Waals surface area contributed by atoms with E-state index in [9.17, 15) is 121 Å². The molecule has 0 amide bonds. The monoisotopic (exact) mass is 1050 g/mol. The van der Waals surface area contributed by atoms with E-state index in [-0.39, 0.29) is 41.3 Å². The predicted octanol–water partition coefficient (Wildman–Crippen LogP) is 9.62. The van der Waals surface area contributed by atoms with Crippen LogP contribution < -0.4 is 0 Å². The third-order valence-electron chi connectivity index (χ3n) is 5.07. The molecule has 0 heterocycles. The van der Waals surface area contributed by atoms with Crippen LogP contribution in [-0.2, 0) is 28.8 Å². The van der Waals surface area contributed by atoms with Crippen molar-refractivity contribution in [3.63, 3.8) is 0 Å². The van der Waals surface area contributed by atoms with E-state index in [1.165, 1.54) is 0 Å². The first-order valence-electron chi connectivity index (χ1n) is 25.7. The largest absolute Gasteiger partial charge is 3.00 e. The van der Waals surface area contributed by atoms with Gasteiger partial charge in [0.05, 0.1) is 17.3 Å². The number of alkyl halides is 21. The van der Waals surface area contributed by atoms with Gasteiger partial charge in [-0.3, -0.25) is 19.3 Å². The van der Waals surface area contributed by atoms with E-state index in [1.54, 1.807) is 0 Å². The van der Waals surface area contributed by atoms with Gasteiger partial charge in [0.25, 0.3) is 0 Å². The van der Waals surface area contributed by atoms with E-state index in [0.29, 0.717) is 0 Å². The molecule has 0 rings (SSSR count). The Balaban J connectivity index is -0.000000576. The van der Waals surface area contributed by atoms with Gasteiger partial charge in [-0.1, -0.05) is 61.7 Å². The van der Waals surface area contributed by atoms with Gasteiger partial charge in [-0.25, -0.2) is 0 Å². The van der Waals surface area contributed by atoms with Crippen LogP contribution in [0.25, 0.3) is 0 Å². The quantitative estimate of drug-likeness (QED) is 0.110. The molecule has 0 aliphatic rings. The Bertz CT molecular complexity index is 2050. The Hall–Kier alpha value is -2.48. The number of rotatable bonds is 12. The van der Waals surface area contributed by atoms with Crippen molar-refractivity contribution >= 4 is 34.7 Å². The number of hydrogen-bond donors (Lipinski definition) is 0. The second kappa shape index (κ2) is 19.1. The molecule has 0 bridgehead atoms. The predicted molar refractivity (Wildman–Crippen MR) is 149 cm³/mol. The molecule has 0 aromatic rings. The summed E-state index contributed by atoms with van der Waals surface area (Å²) in [5, 5.41) is 0. The van der Waals surface area contributed by atoms with Gasteiger partial charge < -0.3 is 28.8 Å². The van der Waals surface area contributed by atoms with Gasteiger partial charge >= 0.3 is 95.4 Å². The molecular weight excluding hydrogens is 996 g/mol. The van der Waals surface area contributed by atoms with E-state index in [1.807, 2.05) is 0 Å². The molecule has 0 aliphatic heterocycles. The fraction of sp³-hybridized carbons (Fsp3) is 0.700. The number of halogens is 21. The van der Waals surface area contributed by atoms with Gasteiger partial charge in [0, 0.05) is 54.4 Å². The van der Waals surface area contributed by atoms with Crippen molar-refractivity contribution < 1.29 is 199 Å². The van der Waals surface area contributed by atoms with Crippen molar-refractivity contribution in [3.05, 3.63) is 19.3 Å². The Morgan fingerprint density at radius 3 is 0.552 bits per heavy atom. The maximum Gasteiger partial charge on any atom is 3.00 e. The van der Waals surface area contributed by atoms with Gasteiger partial charge in [0.2, 0.25) is 0 Å². The van der Waals surface area contributed by atoms with Gasteiger partial charge in [0.15, 0.2) is 0 Å². The second-order valence-corrected chi connectivity index (χ2v) is 9.81. The molecule has 58 heavy (non-hydrogen) atoms. The Morgan fingerprint density at radius 2 is 0.448 bits per heavy atom. The first kappa shape index (κ1) is 26.8. The topological polar surface area (TPSA) is 102 Å². The summed E-state index contributed by atoms with van der Waals surface area (Å²) >= 11 is 0. The van der Waals surface area contributed by atoms with Crippen molar-refractivity contribution in [1.29, 1.82) is 0 Å². The summed E-state index contributed by atoms with van der Waals surface area (Å²) in [6.45, 7) is -39.0. The zero-order chi connectivity index (χ0) is 70.1. The third-order valence-corrected chi connectivity index (χ3v) is 5.07. The zero-order valence-corrected chi connectivity index (χ0v) is 29.9. The summed E-state index contributed by atoms with van der Waals surface area (Å²) in [6, 6.07) is 0. The van der Waals surface area contributed by atoms with Crippen LogP contribution in [0, 0.1) is 76.8 Å². The van der Waals surface area contributed by atoms with Crippen molar-refractivity contribution in [2.75, 3.05) is 0 Å². The molecule has 0 atom stereocenters. The molecule has 336 valence electrons. The maximum absolute atomic E-state index is 13.3. The summed E-state index contributed by atoms with van der Waals surface area (Å²) < 4.78 is 456. The number of ketones is 6. The maximum atomic E-state index is 13.3. The molecule has 6 nitrogen and oxygen atoms in total. The summed E-state index contributed by atoms with van der Waals surface area (Å²) in [6.07, 6.45) is -25.1. The van der Waals surface area contributed by atoms with E-state index < -0.39 is 186 Å². The van der Waals surface area contributed by atoms with Crippen molar-refractivity contribution in [2.24, 2.45) is 16.2 Å². The fourth-order valence-electron chi connectivity index (χ4n) is 1.95. The molecule has 0 fully saturated rings. The Morgan fingerprint density at radius 1 is 0.310 bits per heavy atom. The minimum absolute atomic E-state index is 0. The molecule has 0 N–H and O–H groups in total. The van der Waals surface area contributed by atoms with E-state index in [4.69, 9.17) is 37.0 Å². The third kappa shape index (κ3) is 14.9. The van der Waals surface area contributed by atoms with E-state index in [2.05, 4.69) is 0 Å². The van der Waals surface area contributed by atoms with Gasteiger partial charge in [0.1, 0.15) is 0 Å². The zero-order valence-electron chi connectivity index (χ0n) is 53.2. The van der Waals surface area contributed by atoms with Crippen LogP contribution in [-0.4, -0.2) is 88.8 Å². The van der Waals surface area contributed by atoms with Gasteiger partial charge in [-0.15, -0.1) is 0 Å². The van der Waals surface area contributed by atoms with Crippen LogP contribution in [0.4, 0.5) is 92.2 Å². The molecule has 0 aromatic carbocycles. The molecule has 0 radical (unpaired) electrons. The molecular formula is C30H30F21O6Pr. The molecule has 0 saturated carbocycles. The van der Waals surface area contributed by atoms with E-state index in [0.717, 1.165) is 0 Å². The summed E-state index contributed by atoms with van der Waals surface area (Å²) in [7, 11) is 0. The molecule has 0 saturated heterocycles. The summed E-state index contributed by atoms with van der Waals surface area (Å²) in [5.74, 6) is -60.7. The molecule has 28 heteroatoms. The number of hydrogen-bond acceptors (Lipinski definition) is 6. The Labute approximate surface area is 385 Å². The molecule has 0 unspecified atom stereocenters.